The topological polar surface area (TPSA) is 74.8 Å². The van der Waals surface area contributed by atoms with Gasteiger partial charge in [-0.05, 0) is 18.2 Å². The minimum absolute atomic E-state index is 0.194. The number of halogens is 1. The van der Waals surface area contributed by atoms with Crippen LogP contribution in [0.3, 0.4) is 0 Å². The van der Waals surface area contributed by atoms with E-state index in [9.17, 15) is 9.59 Å². The minimum atomic E-state index is -0.409. The van der Waals surface area contributed by atoms with Gasteiger partial charge in [-0.2, -0.15) is 0 Å². The average Bonchev–Trinajstić information content (AvgIpc) is 2.29. The van der Waals surface area contributed by atoms with Crippen LogP contribution in [0.4, 0.5) is 5.82 Å². The van der Waals surface area contributed by atoms with Crippen LogP contribution in [0.2, 0.25) is 0 Å². The fourth-order valence-corrected chi connectivity index (χ4v) is 1.57. The summed E-state index contributed by atoms with van der Waals surface area (Å²) in [6.07, 6.45) is 1.56. The highest BCUT2D eigenvalue weighted by Gasteiger charge is 2.07. The van der Waals surface area contributed by atoms with Crippen molar-refractivity contribution < 1.29 is 4.79 Å². The van der Waals surface area contributed by atoms with Crippen molar-refractivity contribution in [2.24, 2.45) is 0 Å². The molecule has 2 rings (SSSR count). The lowest BCUT2D eigenvalue weighted by atomic mass is 10.3. The number of amides is 1. The fraction of sp³-hybridized carbons (Fsp3) is 0. The molecular weight excluding hydrogens is 286 g/mol. The number of aromatic nitrogens is 2. The van der Waals surface area contributed by atoms with E-state index in [4.69, 9.17) is 0 Å². The molecule has 0 fully saturated rings. The van der Waals surface area contributed by atoms with E-state index >= 15 is 0 Å². The number of carbonyl (C=O) groups is 1. The van der Waals surface area contributed by atoms with Crippen molar-refractivity contribution in [2.75, 3.05) is 5.32 Å². The summed E-state index contributed by atoms with van der Waals surface area (Å²) in [5.74, 6) is 0.00220. The van der Waals surface area contributed by atoms with E-state index in [1.807, 2.05) is 0 Å². The Balaban J connectivity index is 2.20. The number of aromatic amines is 1. The van der Waals surface area contributed by atoms with Crippen molar-refractivity contribution in [1.29, 1.82) is 0 Å². The molecule has 0 spiro atoms. The molecule has 2 aromatic heterocycles. The van der Waals surface area contributed by atoms with Crippen molar-refractivity contribution in [3.05, 3.63) is 57.0 Å². The van der Waals surface area contributed by atoms with E-state index in [0.29, 0.717) is 5.82 Å². The molecule has 17 heavy (non-hydrogen) atoms. The number of anilines is 1. The van der Waals surface area contributed by atoms with Gasteiger partial charge in [-0.25, -0.2) is 4.98 Å². The lowest BCUT2D eigenvalue weighted by molar-refractivity contribution is 0.102. The van der Waals surface area contributed by atoms with Crippen molar-refractivity contribution in [3.8, 4) is 0 Å². The fourth-order valence-electron chi connectivity index (χ4n) is 1.24. The molecule has 5 nitrogen and oxygen atoms in total. The predicted molar refractivity (Wildman–Crippen MR) is 67.0 cm³/mol. The monoisotopic (exact) mass is 293 g/mol. The average molecular weight is 294 g/mol. The first-order valence-electron chi connectivity index (χ1n) is 4.77. The van der Waals surface area contributed by atoms with Crippen LogP contribution in [-0.2, 0) is 0 Å². The molecule has 0 aromatic carbocycles. The zero-order chi connectivity index (χ0) is 12.3. The third-order valence-corrected chi connectivity index (χ3v) is 2.47. The van der Waals surface area contributed by atoms with Crippen molar-refractivity contribution in [1.82, 2.24) is 9.97 Å². The summed E-state index contributed by atoms with van der Waals surface area (Å²) in [7, 11) is 0. The van der Waals surface area contributed by atoms with Gasteiger partial charge in [-0.3, -0.25) is 9.59 Å². The first kappa shape index (κ1) is 11.5. The number of hydrogen-bond acceptors (Lipinski definition) is 3. The molecule has 2 N–H and O–H groups in total. The Labute approximate surface area is 105 Å². The molecule has 0 aliphatic rings. The normalized spacial score (nSPS) is 9.94. The summed E-state index contributed by atoms with van der Waals surface area (Å²) in [6, 6.07) is 7.80. The first-order valence-corrected chi connectivity index (χ1v) is 5.57. The van der Waals surface area contributed by atoms with Gasteiger partial charge in [0.1, 0.15) is 11.5 Å². The molecule has 2 aromatic rings. The zero-order valence-electron chi connectivity index (χ0n) is 8.61. The molecule has 0 atom stereocenters. The highest BCUT2D eigenvalue weighted by molar-refractivity contribution is 9.10. The molecule has 2 heterocycles. The molecule has 6 heteroatoms. The van der Waals surface area contributed by atoms with Crippen molar-refractivity contribution in [3.63, 3.8) is 0 Å². The summed E-state index contributed by atoms with van der Waals surface area (Å²) in [6.45, 7) is 0. The third-order valence-electron chi connectivity index (χ3n) is 1.98. The van der Waals surface area contributed by atoms with E-state index in [2.05, 4.69) is 31.2 Å². The molecule has 0 bridgehead atoms. The summed E-state index contributed by atoms with van der Waals surface area (Å²) in [5, 5.41) is 2.58. The minimum Gasteiger partial charge on any atom is -0.318 e. The molecule has 86 valence electrons. The van der Waals surface area contributed by atoms with Crippen LogP contribution in [0.25, 0.3) is 0 Å². The smallest absolute Gasteiger partial charge is 0.273 e. The van der Waals surface area contributed by atoms with Crippen molar-refractivity contribution in [2.45, 2.75) is 0 Å². The highest BCUT2D eigenvalue weighted by atomic mass is 79.9. The van der Waals surface area contributed by atoms with Crippen LogP contribution in [-0.4, -0.2) is 15.9 Å². The predicted octanol–water partition coefficient (Wildman–Crippen LogP) is 1.78. The second kappa shape index (κ2) is 4.92. The van der Waals surface area contributed by atoms with Crippen molar-refractivity contribution >= 4 is 27.7 Å². The summed E-state index contributed by atoms with van der Waals surface area (Å²) in [4.78, 5) is 29.2. The maximum absolute atomic E-state index is 11.7. The highest BCUT2D eigenvalue weighted by Crippen LogP contribution is 2.13. The number of hydrogen-bond donors (Lipinski definition) is 2. The quantitative estimate of drug-likeness (QED) is 0.886. The Kier molecular flexibility index (Phi) is 3.34. The van der Waals surface area contributed by atoms with Gasteiger partial charge in [-0.1, -0.05) is 22.0 Å². The van der Waals surface area contributed by atoms with E-state index in [0.717, 1.165) is 4.47 Å². The van der Waals surface area contributed by atoms with E-state index in [-0.39, 0.29) is 11.3 Å². The first-order chi connectivity index (χ1) is 8.15. The van der Waals surface area contributed by atoms with Gasteiger partial charge in [0, 0.05) is 16.7 Å². The van der Waals surface area contributed by atoms with Gasteiger partial charge in [-0.15, -0.1) is 0 Å². The van der Waals surface area contributed by atoms with Gasteiger partial charge in [0.25, 0.3) is 5.91 Å². The summed E-state index contributed by atoms with van der Waals surface area (Å²) < 4.78 is 0.810. The zero-order valence-corrected chi connectivity index (χ0v) is 10.2. The molecule has 0 radical (unpaired) electrons. The number of nitrogens with zero attached hydrogens (tertiary/aromatic N) is 1. The molecule has 0 aliphatic carbocycles. The molecule has 0 saturated heterocycles. The van der Waals surface area contributed by atoms with Gasteiger partial charge in [0.05, 0.1) is 0 Å². The Morgan fingerprint density at radius 2 is 2.18 bits per heavy atom. The lowest BCUT2D eigenvalue weighted by Gasteiger charge is -2.03. The van der Waals surface area contributed by atoms with Crippen LogP contribution in [0, 0.1) is 0 Å². The van der Waals surface area contributed by atoms with Gasteiger partial charge in [0.15, 0.2) is 0 Å². The van der Waals surface area contributed by atoms with Gasteiger partial charge in [0.2, 0.25) is 5.56 Å². The van der Waals surface area contributed by atoms with E-state index in [1.54, 1.807) is 18.3 Å². The van der Waals surface area contributed by atoms with E-state index in [1.165, 1.54) is 18.2 Å². The third kappa shape index (κ3) is 3.01. The van der Waals surface area contributed by atoms with Gasteiger partial charge < -0.3 is 10.3 Å². The maximum atomic E-state index is 11.7. The maximum Gasteiger partial charge on any atom is 0.273 e. The number of H-pyrrole nitrogens is 1. The van der Waals surface area contributed by atoms with Crippen LogP contribution >= 0.6 is 15.9 Å². The molecule has 0 unspecified atom stereocenters. The molecular formula is C11H8BrN3O2. The summed E-state index contributed by atoms with van der Waals surface area (Å²) in [5.41, 5.74) is -0.126. The largest absolute Gasteiger partial charge is 0.318 e. The number of nitrogens with one attached hydrogen (secondary N) is 2. The molecule has 0 aliphatic heterocycles. The van der Waals surface area contributed by atoms with Crippen LogP contribution in [0.1, 0.15) is 10.5 Å². The Bertz CT molecular complexity index is 609. The van der Waals surface area contributed by atoms with Crippen LogP contribution in [0.15, 0.2) is 45.8 Å². The van der Waals surface area contributed by atoms with Crippen LogP contribution < -0.4 is 10.9 Å². The SMILES string of the molecule is O=C(Nc1cc(Br)ccn1)c1cccc(=O)[nH]1. The Morgan fingerprint density at radius 3 is 2.88 bits per heavy atom. The van der Waals surface area contributed by atoms with Crippen LogP contribution in [0.5, 0.6) is 0 Å². The Hall–Kier alpha value is -1.95. The lowest BCUT2D eigenvalue weighted by Crippen LogP contribution is -2.18. The molecule has 1 amide bonds. The number of rotatable bonds is 2. The summed E-state index contributed by atoms with van der Waals surface area (Å²) >= 11 is 3.27. The second-order valence-electron chi connectivity index (χ2n) is 3.24. The Morgan fingerprint density at radius 1 is 1.35 bits per heavy atom. The van der Waals surface area contributed by atoms with Gasteiger partial charge >= 0.3 is 0 Å². The number of pyridine rings is 2. The number of carbonyl (C=O) groups excluding carboxylic acids is 1. The second-order valence-corrected chi connectivity index (χ2v) is 4.16. The standard InChI is InChI=1S/C11H8BrN3O2/c12-7-4-5-13-9(6-7)15-11(17)8-2-1-3-10(16)14-8/h1-6H,(H,14,16)(H,13,15,17). The van der Waals surface area contributed by atoms with E-state index < -0.39 is 5.91 Å². The molecule has 0 saturated carbocycles.